The first kappa shape index (κ1) is 18.8. The van der Waals surface area contributed by atoms with Crippen molar-refractivity contribution in [3.8, 4) is 0 Å². The predicted molar refractivity (Wildman–Crippen MR) is 93.9 cm³/mol. The van der Waals surface area contributed by atoms with Crippen LogP contribution in [0.1, 0.15) is 18.2 Å². The van der Waals surface area contributed by atoms with Crippen LogP contribution < -0.4 is 5.43 Å². The first-order chi connectivity index (χ1) is 12.2. The van der Waals surface area contributed by atoms with Crippen molar-refractivity contribution < 1.29 is 18.3 Å². The number of aliphatic imine (C=N–C) groups is 1. The van der Waals surface area contributed by atoms with Crippen LogP contribution >= 0.6 is 15.9 Å². The van der Waals surface area contributed by atoms with Gasteiger partial charge in [0.2, 0.25) is 0 Å². The zero-order chi connectivity index (χ0) is 18.9. The topological polar surface area (TPSA) is 60.8 Å². The Kier molecular flexibility index (Phi) is 5.05. The summed E-state index contributed by atoms with van der Waals surface area (Å²) in [5.74, 6) is -4.53. The maximum absolute atomic E-state index is 15.4. The highest BCUT2D eigenvalue weighted by Gasteiger charge is 2.57. The largest absolute Gasteiger partial charge is 0.377 e. The second-order valence-corrected chi connectivity index (χ2v) is 6.92. The number of halogens is 4. The van der Waals surface area contributed by atoms with Crippen LogP contribution in [0.3, 0.4) is 0 Å². The van der Waals surface area contributed by atoms with Gasteiger partial charge in [0.05, 0.1) is 6.54 Å². The second kappa shape index (κ2) is 6.98. The van der Waals surface area contributed by atoms with Gasteiger partial charge in [-0.25, -0.2) is 9.82 Å². The number of hydrazine groups is 1. The van der Waals surface area contributed by atoms with Gasteiger partial charge in [0, 0.05) is 10.7 Å². The van der Waals surface area contributed by atoms with E-state index < -0.39 is 29.6 Å². The lowest BCUT2D eigenvalue weighted by atomic mass is 9.85. The van der Waals surface area contributed by atoms with Crippen LogP contribution in [0.2, 0.25) is 0 Å². The van der Waals surface area contributed by atoms with Crippen molar-refractivity contribution in [2.75, 3.05) is 6.54 Å². The van der Waals surface area contributed by atoms with Gasteiger partial charge in [-0.05, 0) is 52.7 Å². The number of alkyl halides is 2. The third-order valence-electron chi connectivity index (χ3n) is 4.05. The van der Waals surface area contributed by atoms with Gasteiger partial charge in [0.25, 0.3) is 0 Å². The van der Waals surface area contributed by atoms with Gasteiger partial charge in [0.1, 0.15) is 24.0 Å². The standard InChI is InChI=1S/C17H16BrF3N4O/c1-11-23-10-25(24-11)9-16(26,12-3-2-4-14(19)7-12)17(20,21)15-6-5-13(18)8-22-15/h2-8,10-11,24,26H,9H2,1H3. The minimum Gasteiger partial charge on any atom is -0.377 e. The summed E-state index contributed by atoms with van der Waals surface area (Å²) in [6.45, 7) is 1.17. The average Bonchev–Trinajstić information content (AvgIpc) is 2.99. The molecule has 9 heteroatoms. The second-order valence-electron chi connectivity index (χ2n) is 6.00. The smallest absolute Gasteiger partial charge is 0.323 e. The number of hydrogen-bond donors (Lipinski definition) is 2. The number of hydrogen-bond acceptors (Lipinski definition) is 5. The van der Waals surface area contributed by atoms with Gasteiger partial charge in [-0.15, -0.1) is 0 Å². The first-order valence-electron chi connectivity index (χ1n) is 7.77. The zero-order valence-electron chi connectivity index (χ0n) is 13.7. The lowest BCUT2D eigenvalue weighted by molar-refractivity contribution is -0.204. The van der Waals surface area contributed by atoms with Gasteiger partial charge < -0.3 is 5.11 Å². The van der Waals surface area contributed by atoms with Crippen molar-refractivity contribution in [2.24, 2.45) is 4.99 Å². The predicted octanol–water partition coefficient (Wildman–Crippen LogP) is 3.16. The van der Waals surface area contributed by atoms with E-state index in [0.717, 1.165) is 18.2 Å². The van der Waals surface area contributed by atoms with Crippen LogP contribution in [-0.2, 0) is 11.5 Å². The number of pyridine rings is 1. The molecule has 0 fully saturated rings. The third kappa shape index (κ3) is 3.46. The monoisotopic (exact) mass is 428 g/mol. The highest BCUT2D eigenvalue weighted by molar-refractivity contribution is 9.10. The van der Waals surface area contributed by atoms with Crippen LogP contribution in [0.25, 0.3) is 0 Å². The molecule has 3 rings (SSSR count). The summed E-state index contributed by atoms with van der Waals surface area (Å²) in [7, 11) is 0. The fraction of sp³-hybridized carbons (Fsp3) is 0.294. The van der Waals surface area contributed by atoms with Crippen molar-refractivity contribution in [3.05, 3.63) is 64.1 Å². The minimum absolute atomic E-state index is 0.262. The van der Waals surface area contributed by atoms with Gasteiger partial charge in [-0.1, -0.05) is 12.1 Å². The van der Waals surface area contributed by atoms with E-state index in [-0.39, 0.29) is 11.7 Å². The van der Waals surface area contributed by atoms with E-state index >= 15 is 8.78 Å². The molecule has 2 unspecified atom stereocenters. The Morgan fingerprint density at radius 1 is 1.31 bits per heavy atom. The Morgan fingerprint density at radius 2 is 2.08 bits per heavy atom. The van der Waals surface area contributed by atoms with E-state index in [2.05, 4.69) is 31.3 Å². The molecule has 0 radical (unpaired) electrons. The zero-order valence-corrected chi connectivity index (χ0v) is 15.3. The minimum atomic E-state index is -3.80. The molecule has 0 bridgehead atoms. The Hall–Kier alpha value is -1.97. The van der Waals surface area contributed by atoms with Crippen molar-refractivity contribution >= 4 is 22.3 Å². The number of β-amino-alcohol motifs (C(OH)–C–C–N with tert-alkyl or cyclic N) is 1. The molecule has 5 nitrogen and oxygen atoms in total. The Balaban J connectivity index is 2.07. The summed E-state index contributed by atoms with van der Waals surface area (Å²) in [4.78, 5) is 7.75. The molecule has 138 valence electrons. The Bertz CT molecular complexity index is 818. The van der Waals surface area contributed by atoms with Crippen LogP contribution in [0.15, 0.2) is 52.1 Å². The summed E-state index contributed by atoms with van der Waals surface area (Å²) in [6, 6.07) is 7.06. The van der Waals surface area contributed by atoms with E-state index in [1.54, 1.807) is 6.92 Å². The SMILES string of the molecule is CC1N=CN(CC(O)(c2cccc(F)c2)C(F)(F)c2ccc(Br)cn2)N1. The van der Waals surface area contributed by atoms with Crippen molar-refractivity contribution in [3.63, 3.8) is 0 Å². The van der Waals surface area contributed by atoms with E-state index in [1.807, 2.05) is 0 Å². The van der Waals surface area contributed by atoms with E-state index in [0.29, 0.717) is 4.47 Å². The van der Waals surface area contributed by atoms with Gasteiger partial charge >= 0.3 is 5.92 Å². The number of nitrogens with one attached hydrogen (secondary N) is 1. The molecule has 0 saturated heterocycles. The molecule has 2 N–H and O–H groups in total. The molecule has 0 amide bonds. The van der Waals surface area contributed by atoms with Crippen LogP contribution in [0.5, 0.6) is 0 Å². The molecule has 2 atom stereocenters. The molecular formula is C17H16BrF3N4O. The van der Waals surface area contributed by atoms with Gasteiger partial charge in [-0.3, -0.25) is 15.0 Å². The number of aromatic nitrogens is 1. The summed E-state index contributed by atoms with van der Waals surface area (Å²) in [5, 5.41) is 12.3. The molecule has 1 aromatic heterocycles. The van der Waals surface area contributed by atoms with E-state index in [9.17, 15) is 9.50 Å². The van der Waals surface area contributed by atoms with Crippen molar-refractivity contribution in [2.45, 2.75) is 24.6 Å². The van der Waals surface area contributed by atoms with Crippen LogP contribution in [-0.4, -0.2) is 34.1 Å². The lowest BCUT2D eigenvalue weighted by Crippen LogP contribution is -2.54. The fourth-order valence-electron chi connectivity index (χ4n) is 2.71. The summed E-state index contributed by atoms with van der Waals surface area (Å²) < 4.78 is 44.9. The normalized spacial score (nSPS) is 19.6. The van der Waals surface area contributed by atoms with Gasteiger partial charge in [-0.2, -0.15) is 8.78 Å². The number of aliphatic hydroxyl groups is 1. The molecule has 2 heterocycles. The maximum Gasteiger partial charge on any atom is 0.323 e. The molecule has 1 aliphatic heterocycles. The number of nitrogens with zero attached hydrogens (tertiary/aromatic N) is 3. The first-order valence-corrected chi connectivity index (χ1v) is 8.56. The quantitative estimate of drug-likeness (QED) is 0.767. The highest BCUT2D eigenvalue weighted by Crippen LogP contribution is 2.45. The highest BCUT2D eigenvalue weighted by atomic mass is 79.9. The molecule has 0 aliphatic carbocycles. The third-order valence-corrected chi connectivity index (χ3v) is 4.52. The number of benzene rings is 1. The van der Waals surface area contributed by atoms with E-state index in [4.69, 9.17) is 0 Å². The molecular weight excluding hydrogens is 413 g/mol. The Morgan fingerprint density at radius 3 is 2.65 bits per heavy atom. The summed E-state index contributed by atoms with van der Waals surface area (Å²) in [5.41, 5.74) is -0.818. The summed E-state index contributed by atoms with van der Waals surface area (Å²) >= 11 is 3.14. The van der Waals surface area contributed by atoms with Gasteiger partial charge in [0.15, 0.2) is 5.60 Å². The van der Waals surface area contributed by atoms with Crippen LogP contribution in [0, 0.1) is 5.82 Å². The fourth-order valence-corrected chi connectivity index (χ4v) is 2.95. The van der Waals surface area contributed by atoms with Crippen LogP contribution in [0.4, 0.5) is 13.2 Å². The van der Waals surface area contributed by atoms with Crippen molar-refractivity contribution in [1.29, 1.82) is 0 Å². The number of rotatable bonds is 5. The molecule has 1 aromatic carbocycles. The average molecular weight is 429 g/mol. The molecule has 0 spiro atoms. The van der Waals surface area contributed by atoms with E-state index in [1.165, 1.54) is 35.7 Å². The van der Waals surface area contributed by atoms with Crippen molar-refractivity contribution in [1.82, 2.24) is 15.4 Å². The molecule has 1 aliphatic rings. The Labute approximate surface area is 156 Å². The molecule has 26 heavy (non-hydrogen) atoms. The summed E-state index contributed by atoms with van der Waals surface area (Å²) in [6.07, 6.45) is 2.22. The molecule has 0 saturated carbocycles. The molecule has 2 aromatic rings. The maximum atomic E-state index is 15.4. The lowest BCUT2D eigenvalue weighted by Gasteiger charge is -2.38.